The summed E-state index contributed by atoms with van der Waals surface area (Å²) in [5.41, 5.74) is 3.22. The molecule has 1 N–H and O–H groups in total. The van der Waals surface area contributed by atoms with Crippen molar-refractivity contribution in [2.75, 3.05) is 17.4 Å². The summed E-state index contributed by atoms with van der Waals surface area (Å²) in [6, 6.07) is 8.41. The van der Waals surface area contributed by atoms with E-state index in [-0.39, 0.29) is 42.0 Å². The summed E-state index contributed by atoms with van der Waals surface area (Å²) in [4.78, 5) is 18.9. The number of carbonyl (C=O) groups is 1. The van der Waals surface area contributed by atoms with E-state index in [0.29, 0.717) is 24.6 Å². The fourth-order valence-corrected chi connectivity index (χ4v) is 3.89. The molecule has 1 aromatic carbocycles. The number of alkyl halides is 1. The number of nitrogens with zero attached hydrogens (tertiary/aromatic N) is 2. The van der Waals surface area contributed by atoms with Crippen molar-refractivity contribution in [2.24, 2.45) is 0 Å². The lowest BCUT2D eigenvalue weighted by atomic mass is 10.00. The van der Waals surface area contributed by atoms with Gasteiger partial charge in [-0.15, -0.1) is 11.6 Å². The molecular weight excluding hydrogens is 409 g/mol. The molecule has 0 bridgehead atoms. The standard InChI is InChI=1S/C22H25ClFN3O3/c1-12(2)25-22-20(30-22)19-15(8-14-4-6-16(24)7-5-14)9-17-21(26-19)29-11-13(3)27(17)18(28)10-23/h4-7,9,12-13,20,22,25H,8,10-11H2,1-3H3/t13-,20?,22?/m0/s1. The number of aromatic nitrogens is 1. The van der Waals surface area contributed by atoms with E-state index in [4.69, 9.17) is 26.1 Å². The number of nitrogens with one attached hydrogen (secondary N) is 1. The number of benzene rings is 1. The Bertz CT molecular complexity index is 938. The molecule has 2 unspecified atom stereocenters. The lowest BCUT2D eigenvalue weighted by Crippen LogP contribution is -2.46. The van der Waals surface area contributed by atoms with Gasteiger partial charge in [-0.05, 0) is 56.5 Å². The molecule has 3 atom stereocenters. The molecule has 8 heteroatoms. The summed E-state index contributed by atoms with van der Waals surface area (Å²) in [6.07, 6.45) is 0.209. The van der Waals surface area contributed by atoms with Crippen molar-refractivity contribution < 1.29 is 18.7 Å². The quantitative estimate of drug-likeness (QED) is 0.557. The summed E-state index contributed by atoms with van der Waals surface area (Å²) in [5, 5.41) is 3.35. The van der Waals surface area contributed by atoms with Crippen LogP contribution in [0, 0.1) is 5.82 Å². The molecule has 160 valence electrons. The monoisotopic (exact) mass is 433 g/mol. The summed E-state index contributed by atoms with van der Waals surface area (Å²) in [7, 11) is 0. The SMILES string of the molecule is CC(C)NC1OC1c1nc2c(cc1Cc1ccc(F)cc1)N(C(=O)CCl)[C@@H](C)CO2. The van der Waals surface area contributed by atoms with Gasteiger partial charge in [0.25, 0.3) is 0 Å². The van der Waals surface area contributed by atoms with Gasteiger partial charge >= 0.3 is 0 Å². The number of carbonyl (C=O) groups excluding carboxylic acids is 1. The van der Waals surface area contributed by atoms with Gasteiger partial charge in [-0.2, -0.15) is 0 Å². The summed E-state index contributed by atoms with van der Waals surface area (Å²) in [5.74, 6) is -0.193. The lowest BCUT2D eigenvalue weighted by molar-refractivity contribution is -0.117. The minimum absolute atomic E-state index is 0.120. The largest absolute Gasteiger partial charge is 0.474 e. The number of halogens is 2. The van der Waals surface area contributed by atoms with Crippen molar-refractivity contribution in [1.29, 1.82) is 0 Å². The summed E-state index contributed by atoms with van der Waals surface area (Å²) < 4.78 is 25.0. The topological polar surface area (TPSA) is 67.0 Å². The van der Waals surface area contributed by atoms with Crippen molar-refractivity contribution in [1.82, 2.24) is 10.3 Å². The van der Waals surface area contributed by atoms with E-state index < -0.39 is 0 Å². The second-order valence-corrected chi connectivity index (χ2v) is 8.28. The normalized spacial score (nSPS) is 22.6. The van der Waals surface area contributed by atoms with Crippen LogP contribution in [0.2, 0.25) is 0 Å². The lowest BCUT2D eigenvalue weighted by Gasteiger charge is -2.34. The van der Waals surface area contributed by atoms with E-state index in [1.165, 1.54) is 12.1 Å². The van der Waals surface area contributed by atoms with E-state index >= 15 is 0 Å². The Kier molecular flexibility index (Phi) is 5.95. The van der Waals surface area contributed by atoms with Gasteiger partial charge in [-0.25, -0.2) is 9.37 Å². The molecule has 1 aromatic heterocycles. The van der Waals surface area contributed by atoms with E-state index in [1.807, 2.05) is 13.0 Å². The van der Waals surface area contributed by atoms with Crippen LogP contribution < -0.4 is 15.0 Å². The summed E-state index contributed by atoms with van der Waals surface area (Å²) >= 11 is 5.84. The second kappa shape index (κ2) is 8.49. The highest BCUT2D eigenvalue weighted by atomic mass is 35.5. The van der Waals surface area contributed by atoms with Crippen LogP contribution in [-0.2, 0) is 16.0 Å². The van der Waals surface area contributed by atoms with E-state index in [0.717, 1.165) is 16.8 Å². The number of epoxide rings is 1. The molecule has 0 aliphatic carbocycles. The summed E-state index contributed by atoms with van der Waals surface area (Å²) in [6.45, 7) is 6.36. The third-order valence-corrected chi connectivity index (χ3v) is 5.42. The number of hydrogen-bond acceptors (Lipinski definition) is 5. The fraction of sp³-hybridized carbons (Fsp3) is 0.455. The minimum atomic E-state index is -0.282. The zero-order valence-corrected chi connectivity index (χ0v) is 17.9. The Labute approximate surface area is 180 Å². The first-order chi connectivity index (χ1) is 14.4. The molecule has 1 fully saturated rings. The maximum Gasteiger partial charge on any atom is 0.242 e. The van der Waals surface area contributed by atoms with Gasteiger partial charge in [0.2, 0.25) is 11.8 Å². The van der Waals surface area contributed by atoms with Crippen molar-refractivity contribution in [3.05, 3.63) is 53.0 Å². The van der Waals surface area contributed by atoms with Gasteiger partial charge < -0.3 is 14.4 Å². The average Bonchev–Trinajstić information content (AvgIpc) is 3.46. The predicted molar refractivity (Wildman–Crippen MR) is 112 cm³/mol. The molecule has 2 aromatic rings. The maximum atomic E-state index is 13.3. The molecule has 0 radical (unpaired) electrons. The molecule has 0 spiro atoms. The Morgan fingerprint density at radius 2 is 2.10 bits per heavy atom. The second-order valence-electron chi connectivity index (χ2n) is 8.02. The maximum absolute atomic E-state index is 13.3. The van der Waals surface area contributed by atoms with Gasteiger partial charge in [0.1, 0.15) is 36.3 Å². The van der Waals surface area contributed by atoms with Crippen LogP contribution in [0.15, 0.2) is 30.3 Å². The van der Waals surface area contributed by atoms with Crippen molar-refractivity contribution in [3.63, 3.8) is 0 Å². The first-order valence-electron chi connectivity index (χ1n) is 10.1. The van der Waals surface area contributed by atoms with Crippen LogP contribution in [0.3, 0.4) is 0 Å². The molecule has 3 heterocycles. The highest BCUT2D eigenvalue weighted by molar-refractivity contribution is 6.29. The number of anilines is 1. The smallest absolute Gasteiger partial charge is 0.242 e. The third-order valence-electron chi connectivity index (χ3n) is 5.19. The Hall–Kier alpha value is -2.22. The molecular formula is C22H25ClFN3O3. The van der Waals surface area contributed by atoms with Gasteiger partial charge in [-0.1, -0.05) is 12.1 Å². The van der Waals surface area contributed by atoms with Crippen molar-refractivity contribution in [3.8, 4) is 5.88 Å². The zero-order chi connectivity index (χ0) is 21.4. The van der Waals surface area contributed by atoms with Gasteiger partial charge in [0.15, 0.2) is 0 Å². The number of fused-ring (bicyclic) bond motifs is 1. The first kappa shape index (κ1) is 21.0. The molecule has 30 heavy (non-hydrogen) atoms. The van der Waals surface area contributed by atoms with Gasteiger partial charge in [0.05, 0.1) is 11.7 Å². The minimum Gasteiger partial charge on any atom is -0.474 e. The zero-order valence-electron chi connectivity index (χ0n) is 17.2. The highest BCUT2D eigenvalue weighted by Gasteiger charge is 2.44. The van der Waals surface area contributed by atoms with Crippen LogP contribution in [-0.4, -0.2) is 41.7 Å². The van der Waals surface area contributed by atoms with Crippen molar-refractivity contribution >= 4 is 23.2 Å². The molecule has 1 amide bonds. The van der Waals surface area contributed by atoms with E-state index in [2.05, 4.69) is 19.2 Å². The molecule has 4 rings (SSSR count). The van der Waals surface area contributed by atoms with E-state index in [9.17, 15) is 9.18 Å². The molecule has 2 aliphatic rings. The Morgan fingerprint density at radius 1 is 1.37 bits per heavy atom. The molecule has 2 aliphatic heterocycles. The van der Waals surface area contributed by atoms with Gasteiger partial charge in [-0.3, -0.25) is 10.1 Å². The highest BCUT2D eigenvalue weighted by Crippen LogP contribution is 2.43. The van der Waals surface area contributed by atoms with Crippen LogP contribution in [0.25, 0.3) is 0 Å². The number of ether oxygens (including phenoxy) is 2. The predicted octanol–water partition coefficient (Wildman–Crippen LogP) is 3.56. The van der Waals surface area contributed by atoms with Crippen LogP contribution >= 0.6 is 11.6 Å². The molecule has 1 saturated heterocycles. The number of rotatable bonds is 6. The van der Waals surface area contributed by atoms with Crippen LogP contribution in [0.1, 0.15) is 43.7 Å². The number of hydrogen-bond donors (Lipinski definition) is 1. The molecule has 0 saturated carbocycles. The number of pyridine rings is 1. The Morgan fingerprint density at radius 3 is 2.77 bits per heavy atom. The van der Waals surface area contributed by atoms with Crippen LogP contribution in [0.4, 0.5) is 10.1 Å². The third kappa shape index (κ3) is 4.29. The molecule has 6 nitrogen and oxygen atoms in total. The fourth-order valence-electron chi connectivity index (χ4n) is 3.76. The average molecular weight is 434 g/mol. The van der Waals surface area contributed by atoms with Crippen molar-refractivity contribution in [2.45, 2.75) is 51.6 Å². The van der Waals surface area contributed by atoms with Gasteiger partial charge in [0, 0.05) is 6.04 Å². The van der Waals surface area contributed by atoms with Crippen LogP contribution in [0.5, 0.6) is 5.88 Å². The Balaban J connectivity index is 1.74. The number of amides is 1. The first-order valence-corrected chi connectivity index (χ1v) is 10.6. The van der Waals surface area contributed by atoms with E-state index in [1.54, 1.807) is 17.0 Å².